The van der Waals surface area contributed by atoms with E-state index >= 15 is 4.39 Å². The Hall–Kier alpha value is -7.16. The molecule has 0 N–H and O–H groups in total. The van der Waals surface area contributed by atoms with Crippen molar-refractivity contribution in [3.63, 3.8) is 0 Å². The molecular weight excluding hydrogens is 1050 g/mol. The van der Waals surface area contributed by atoms with Crippen LogP contribution in [-0.2, 0) is 55.0 Å². The highest BCUT2D eigenvalue weighted by atomic mass is 19.1. The number of piperazine rings is 1. The zero-order chi connectivity index (χ0) is 57.6. The lowest BCUT2D eigenvalue weighted by Crippen LogP contribution is -2.46. The predicted molar refractivity (Wildman–Crippen MR) is 299 cm³/mol. The highest BCUT2D eigenvalue weighted by Crippen LogP contribution is 2.42. The summed E-state index contributed by atoms with van der Waals surface area (Å²) in [6, 6.07) is 18.6. The van der Waals surface area contributed by atoms with Crippen LogP contribution in [0.3, 0.4) is 0 Å². The first-order chi connectivity index (χ1) is 39.3. The van der Waals surface area contributed by atoms with Gasteiger partial charge in [-0.2, -0.15) is 10.2 Å². The number of unbranched alkanes of at least 4 members (excludes halogenated alkanes) is 8. The Morgan fingerprint density at radius 3 is 1.84 bits per heavy atom. The molecule has 2 aliphatic heterocycles. The molecule has 2 saturated heterocycles. The van der Waals surface area contributed by atoms with E-state index < -0.39 is 65.1 Å². The summed E-state index contributed by atoms with van der Waals surface area (Å²) in [4.78, 5) is 73.4. The van der Waals surface area contributed by atoms with Crippen molar-refractivity contribution in [2.45, 2.75) is 161 Å². The van der Waals surface area contributed by atoms with Crippen molar-refractivity contribution in [1.29, 1.82) is 0 Å². The normalized spacial score (nSPS) is 17.0. The first-order valence-electron chi connectivity index (χ1n) is 28.9. The number of hydrogen-bond donors (Lipinski definition) is 0. The molecule has 5 aromatic rings. The Kier molecular flexibility index (Phi) is 23.6. The summed E-state index contributed by atoms with van der Waals surface area (Å²) >= 11 is 0. The molecule has 19 nitrogen and oxygen atoms in total. The molecular formula is C60H80F2N8O11. The van der Waals surface area contributed by atoms with Crippen LogP contribution in [0.25, 0.3) is 5.69 Å². The Bertz CT molecular complexity index is 2770. The molecule has 0 aliphatic carbocycles. The summed E-state index contributed by atoms with van der Waals surface area (Å²) in [5.74, 6) is -2.95. The molecule has 2 aliphatic rings. The van der Waals surface area contributed by atoms with E-state index in [4.69, 9.17) is 28.4 Å². The van der Waals surface area contributed by atoms with Gasteiger partial charge in [-0.05, 0) is 87.2 Å². The zero-order valence-electron chi connectivity index (χ0n) is 47.4. The number of benzene rings is 3. The van der Waals surface area contributed by atoms with E-state index in [2.05, 4.69) is 38.8 Å². The smallest absolute Gasteiger partial charge is 0.350 e. The van der Waals surface area contributed by atoms with Crippen LogP contribution in [0.2, 0.25) is 0 Å². The third-order valence-electron chi connectivity index (χ3n) is 14.9. The number of halogens is 2. The van der Waals surface area contributed by atoms with Gasteiger partial charge in [-0.1, -0.05) is 78.2 Å². The number of anilines is 2. The number of aromatic nitrogens is 6. The van der Waals surface area contributed by atoms with Gasteiger partial charge >= 0.3 is 29.6 Å². The fourth-order valence-corrected chi connectivity index (χ4v) is 10.4. The minimum Gasteiger partial charge on any atom is -0.493 e. The van der Waals surface area contributed by atoms with E-state index in [0.29, 0.717) is 50.3 Å². The maximum absolute atomic E-state index is 15.1. The maximum atomic E-state index is 15.1. The third-order valence-corrected chi connectivity index (χ3v) is 14.9. The summed E-state index contributed by atoms with van der Waals surface area (Å²) in [7, 11) is 0. The van der Waals surface area contributed by atoms with E-state index in [-0.39, 0.29) is 56.9 Å². The minimum absolute atomic E-state index is 0.0514. The summed E-state index contributed by atoms with van der Waals surface area (Å²) in [6.07, 6.45) is 12.9. The van der Waals surface area contributed by atoms with Gasteiger partial charge in [0.2, 0.25) is 0 Å². The molecule has 0 unspecified atom stereocenters. The molecule has 21 heteroatoms. The maximum Gasteiger partial charge on any atom is 0.350 e. The monoisotopic (exact) mass is 1130 g/mol. The van der Waals surface area contributed by atoms with Gasteiger partial charge in [-0.25, -0.2) is 32.5 Å². The average molecular weight is 1130 g/mol. The number of nitrogens with zero attached hydrogens (tertiary/aromatic N) is 8. The summed E-state index contributed by atoms with van der Waals surface area (Å²) in [6.45, 7) is 11.2. The lowest BCUT2D eigenvalue weighted by molar-refractivity contribution is -0.168. The molecule has 81 heavy (non-hydrogen) atoms. The number of esters is 4. The molecule has 2 aromatic heterocycles. The third kappa shape index (κ3) is 18.2. The first kappa shape index (κ1) is 61.5. The van der Waals surface area contributed by atoms with Crippen LogP contribution >= 0.6 is 0 Å². The molecule has 4 atom stereocenters. The summed E-state index contributed by atoms with van der Waals surface area (Å²) < 4.78 is 67.8. The molecule has 0 spiro atoms. The second-order valence-corrected chi connectivity index (χ2v) is 21.1. The van der Waals surface area contributed by atoms with E-state index in [1.54, 1.807) is 17.9 Å². The fourth-order valence-electron chi connectivity index (χ4n) is 10.4. The van der Waals surface area contributed by atoms with Gasteiger partial charge < -0.3 is 38.2 Å². The lowest BCUT2D eigenvalue weighted by atomic mass is 9.87. The van der Waals surface area contributed by atoms with Crippen molar-refractivity contribution in [3.05, 3.63) is 113 Å². The minimum atomic E-state index is -1.06. The van der Waals surface area contributed by atoms with E-state index in [9.17, 15) is 28.4 Å². The van der Waals surface area contributed by atoms with E-state index in [1.807, 2.05) is 55.5 Å². The van der Waals surface area contributed by atoms with Crippen LogP contribution in [0.5, 0.6) is 5.75 Å². The van der Waals surface area contributed by atoms with E-state index in [0.717, 1.165) is 95.0 Å². The zero-order valence-corrected chi connectivity index (χ0v) is 47.4. The second kappa shape index (κ2) is 31.2. The van der Waals surface area contributed by atoms with Crippen LogP contribution in [0.1, 0.15) is 142 Å². The van der Waals surface area contributed by atoms with Gasteiger partial charge in [-0.3, -0.25) is 19.2 Å². The van der Waals surface area contributed by atoms with Crippen molar-refractivity contribution in [1.82, 2.24) is 29.1 Å². The van der Waals surface area contributed by atoms with Crippen LogP contribution in [0.4, 0.5) is 20.2 Å². The SMILES string of the molecule is CCCCCCCC(=O)OCC(COC(=O)CCCCCCC)OC(=O)CCC(=O)O[C@@H](C)[C@H](CC)n1ncn(-c2ccc(N3CCN(c4ccc(OC[C@@H]5CO[C@@](Cn6cncn6)(c6ccc(F)cc6F)C5)cc4)CC3)cc2)c1=O. The van der Waals surface area contributed by atoms with Crippen molar-refractivity contribution in [3.8, 4) is 11.4 Å². The largest absolute Gasteiger partial charge is 0.493 e. The quantitative estimate of drug-likeness (QED) is 0.0218. The van der Waals surface area contributed by atoms with Crippen molar-refractivity contribution in [2.24, 2.45) is 5.92 Å². The molecule has 3 aromatic carbocycles. The molecule has 440 valence electrons. The number of carbonyl (C=O) groups excluding carboxylic acids is 4. The van der Waals surface area contributed by atoms with Gasteiger partial charge in [0.1, 0.15) is 61.3 Å². The molecule has 7 rings (SSSR count). The van der Waals surface area contributed by atoms with Crippen molar-refractivity contribution in [2.75, 3.05) is 62.4 Å². The standard InChI is InChI=1S/C60H80F2N8O11/c1-5-8-10-12-14-16-55(71)77-38-51(39-78-56(72)17-15-13-11-9-6-2)81-58(74)29-28-57(73)80-44(4)54(7-3)70-59(75)69(43-65-70)49-21-19-47(20-22-49)66-30-32-67(33-31-66)48-23-25-50(26-24-48)76-36-45-35-60(79-37-45,40-68-42-63-41-64-68)52-27-18-46(61)34-53(52)62/h18-27,34,41-45,51,54H,5-17,28-33,35-40H2,1-4H3/t44-,45+,54-,60-/m0/s1. The first-order valence-corrected chi connectivity index (χ1v) is 28.9. The van der Waals surface area contributed by atoms with Crippen molar-refractivity contribution < 1.29 is 56.4 Å². The van der Waals surface area contributed by atoms with Crippen LogP contribution in [0.15, 0.2) is 90.5 Å². The average Bonchev–Trinajstić information content (AvgIpc) is 4.45. The fraction of sp³-hybridized carbons (Fsp3) is 0.567. The number of rotatable bonds is 33. The summed E-state index contributed by atoms with van der Waals surface area (Å²) in [5, 5.41) is 8.60. The second-order valence-electron chi connectivity index (χ2n) is 21.1. The molecule has 0 radical (unpaired) electrons. The highest BCUT2D eigenvalue weighted by Gasteiger charge is 2.45. The van der Waals surface area contributed by atoms with Crippen LogP contribution in [-0.4, -0.2) is 118 Å². The number of hydrogen-bond acceptors (Lipinski definition) is 16. The topological polar surface area (TPSA) is 201 Å². The van der Waals surface area contributed by atoms with Crippen LogP contribution < -0.4 is 20.2 Å². The Morgan fingerprint density at radius 1 is 0.691 bits per heavy atom. The lowest BCUT2D eigenvalue weighted by Gasteiger charge is -2.37. The molecule has 4 heterocycles. The van der Waals surface area contributed by atoms with Gasteiger partial charge in [0.15, 0.2) is 6.10 Å². The van der Waals surface area contributed by atoms with Crippen LogP contribution in [0, 0.1) is 17.6 Å². The predicted octanol–water partition coefficient (Wildman–Crippen LogP) is 9.62. The Balaban J connectivity index is 0.843. The Labute approximate surface area is 473 Å². The molecule has 0 bridgehead atoms. The van der Waals surface area contributed by atoms with Gasteiger partial charge in [-0.15, -0.1) is 0 Å². The molecule has 0 amide bonds. The summed E-state index contributed by atoms with van der Waals surface area (Å²) in [5.41, 5.74) is 1.51. The van der Waals surface area contributed by atoms with Gasteiger partial charge in [0.05, 0.1) is 44.3 Å². The number of carbonyl (C=O) groups is 4. The van der Waals surface area contributed by atoms with Gasteiger partial charge in [0, 0.05) is 67.9 Å². The molecule has 2 fully saturated rings. The Morgan fingerprint density at radius 2 is 1.27 bits per heavy atom. The van der Waals surface area contributed by atoms with Gasteiger partial charge in [0.25, 0.3) is 0 Å². The van der Waals surface area contributed by atoms with Crippen molar-refractivity contribution >= 4 is 35.3 Å². The molecule has 0 saturated carbocycles. The number of ether oxygens (including phenoxy) is 6. The highest BCUT2D eigenvalue weighted by molar-refractivity contribution is 5.78. The van der Waals surface area contributed by atoms with E-state index in [1.165, 1.54) is 34.0 Å².